The van der Waals surface area contributed by atoms with Crippen LogP contribution in [0.15, 0.2) is 5.16 Å². The first kappa shape index (κ1) is 15.5. The van der Waals surface area contributed by atoms with E-state index >= 15 is 0 Å². The molecule has 0 saturated carbocycles. The lowest BCUT2D eigenvalue weighted by Gasteiger charge is -2.23. The van der Waals surface area contributed by atoms with Gasteiger partial charge < -0.3 is 9.94 Å². The van der Waals surface area contributed by atoms with Gasteiger partial charge in [-0.1, -0.05) is 24.9 Å². The first-order valence-electron chi connectivity index (χ1n) is 6.63. The summed E-state index contributed by atoms with van der Waals surface area (Å²) in [6, 6.07) is 4.24. The predicted octanol–water partition coefficient (Wildman–Crippen LogP) is 2.52. The van der Waals surface area contributed by atoms with Crippen molar-refractivity contribution in [1.82, 2.24) is 0 Å². The van der Waals surface area contributed by atoms with Crippen LogP contribution in [0.5, 0.6) is 0 Å². The topological polar surface area (TPSA) is 89.4 Å². The van der Waals surface area contributed by atoms with Gasteiger partial charge in [0.15, 0.2) is 6.10 Å². The highest BCUT2D eigenvalue weighted by Gasteiger charge is 2.38. The maximum Gasteiger partial charge on any atom is 0.160 e. The van der Waals surface area contributed by atoms with Gasteiger partial charge in [0.25, 0.3) is 0 Å². The Morgan fingerprint density at radius 1 is 1.42 bits per heavy atom. The molecule has 1 aliphatic rings. The van der Waals surface area contributed by atoms with Crippen LogP contribution in [-0.4, -0.2) is 22.5 Å². The number of rotatable bonds is 6. The van der Waals surface area contributed by atoms with Crippen LogP contribution in [0.2, 0.25) is 0 Å². The maximum atomic E-state index is 9.86. The molecule has 1 N–H and O–H groups in total. The lowest BCUT2D eigenvalue weighted by Crippen LogP contribution is -2.36. The molecule has 0 aliphatic carbocycles. The van der Waals surface area contributed by atoms with E-state index in [1.165, 1.54) is 0 Å². The molecule has 5 nitrogen and oxygen atoms in total. The highest BCUT2D eigenvalue weighted by Crippen LogP contribution is 2.32. The largest absolute Gasteiger partial charge is 0.389 e. The number of oxime groups is 1. The summed E-state index contributed by atoms with van der Waals surface area (Å²) in [5.74, 6) is 0. The van der Waals surface area contributed by atoms with E-state index in [0.29, 0.717) is 25.0 Å². The van der Waals surface area contributed by atoms with E-state index in [9.17, 15) is 15.6 Å². The van der Waals surface area contributed by atoms with Crippen molar-refractivity contribution in [3.63, 3.8) is 0 Å². The Hall–Kier alpha value is -1.59. The lowest BCUT2D eigenvalue weighted by molar-refractivity contribution is -0.0719. The Bertz CT molecular complexity index is 409. The zero-order chi connectivity index (χ0) is 14.5. The second kappa shape index (κ2) is 6.04. The summed E-state index contributed by atoms with van der Waals surface area (Å²) < 4.78 is 0. The van der Waals surface area contributed by atoms with Crippen molar-refractivity contribution in [3.05, 3.63) is 0 Å². The number of aliphatic hydroxyl groups is 1. The zero-order valence-corrected chi connectivity index (χ0v) is 11.8. The average Bonchev–Trinajstić information content (AvgIpc) is 2.83. The molecule has 0 fully saturated rings. The van der Waals surface area contributed by atoms with Crippen LogP contribution in [0.3, 0.4) is 0 Å². The number of hydrogen-bond acceptors (Lipinski definition) is 5. The molecule has 1 heterocycles. The van der Waals surface area contributed by atoms with E-state index in [4.69, 9.17) is 4.84 Å². The van der Waals surface area contributed by atoms with Crippen LogP contribution in [0, 0.1) is 28.1 Å². The Balaban J connectivity index is 2.69. The third-order valence-electron chi connectivity index (χ3n) is 3.41. The SMILES string of the molecule is CCCCC(C#N)(C#N)CC1=NOC(C(C)(C)O)C1. The minimum Gasteiger partial charge on any atom is -0.389 e. The van der Waals surface area contributed by atoms with E-state index in [2.05, 4.69) is 17.3 Å². The smallest absolute Gasteiger partial charge is 0.160 e. The monoisotopic (exact) mass is 263 g/mol. The Morgan fingerprint density at radius 2 is 2.05 bits per heavy atom. The second-order valence-corrected chi connectivity index (χ2v) is 5.70. The van der Waals surface area contributed by atoms with E-state index in [1.807, 2.05) is 6.92 Å². The van der Waals surface area contributed by atoms with Crippen molar-refractivity contribution in [2.75, 3.05) is 0 Å². The molecule has 104 valence electrons. The molecule has 1 rings (SSSR count). The third kappa shape index (κ3) is 3.94. The van der Waals surface area contributed by atoms with Gasteiger partial charge >= 0.3 is 0 Å². The van der Waals surface area contributed by atoms with Crippen molar-refractivity contribution in [2.45, 2.75) is 64.6 Å². The van der Waals surface area contributed by atoms with Crippen LogP contribution in [0.1, 0.15) is 52.9 Å². The van der Waals surface area contributed by atoms with Gasteiger partial charge in [-0.05, 0) is 20.3 Å². The molecule has 0 aromatic carbocycles. The summed E-state index contributed by atoms with van der Waals surface area (Å²) in [6.07, 6.45) is 2.70. The van der Waals surface area contributed by atoms with E-state index in [0.717, 1.165) is 12.8 Å². The maximum absolute atomic E-state index is 9.86. The molecule has 0 aromatic rings. The Labute approximate surface area is 114 Å². The van der Waals surface area contributed by atoms with Gasteiger partial charge in [0.1, 0.15) is 5.41 Å². The van der Waals surface area contributed by atoms with Gasteiger partial charge in [-0.2, -0.15) is 10.5 Å². The van der Waals surface area contributed by atoms with Gasteiger partial charge in [0.2, 0.25) is 0 Å². The molecule has 1 unspecified atom stereocenters. The summed E-state index contributed by atoms with van der Waals surface area (Å²) in [7, 11) is 0. The molecule has 0 amide bonds. The summed E-state index contributed by atoms with van der Waals surface area (Å²) in [5.41, 5.74) is -1.31. The van der Waals surface area contributed by atoms with Crippen molar-refractivity contribution < 1.29 is 9.94 Å². The number of nitrogens with zero attached hydrogens (tertiary/aromatic N) is 3. The molecule has 0 bridgehead atoms. The first-order valence-corrected chi connectivity index (χ1v) is 6.63. The van der Waals surface area contributed by atoms with Crippen molar-refractivity contribution in [1.29, 1.82) is 10.5 Å². The summed E-state index contributed by atoms with van der Waals surface area (Å²) in [5, 5.41) is 32.3. The predicted molar refractivity (Wildman–Crippen MR) is 71.0 cm³/mol. The van der Waals surface area contributed by atoms with E-state index in [1.54, 1.807) is 13.8 Å². The lowest BCUT2D eigenvalue weighted by atomic mass is 9.79. The number of unbranched alkanes of at least 4 members (excludes halogenated alkanes) is 1. The molecule has 19 heavy (non-hydrogen) atoms. The Morgan fingerprint density at radius 3 is 2.47 bits per heavy atom. The summed E-state index contributed by atoms with van der Waals surface area (Å²) >= 11 is 0. The minimum absolute atomic E-state index is 0.298. The fraction of sp³-hybridized carbons (Fsp3) is 0.786. The highest BCUT2D eigenvalue weighted by atomic mass is 16.7. The van der Waals surface area contributed by atoms with Crippen molar-refractivity contribution in [2.24, 2.45) is 10.6 Å². The molecule has 1 atom stereocenters. The Kier molecular flexibility index (Phi) is 4.91. The van der Waals surface area contributed by atoms with Crippen molar-refractivity contribution >= 4 is 5.71 Å². The molecular formula is C14H21N3O2. The van der Waals surface area contributed by atoms with Crippen LogP contribution < -0.4 is 0 Å². The van der Waals surface area contributed by atoms with E-state index < -0.39 is 17.1 Å². The van der Waals surface area contributed by atoms with Crippen molar-refractivity contribution in [3.8, 4) is 12.1 Å². The normalized spacial score (nSPS) is 19.3. The van der Waals surface area contributed by atoms with Gasteiger partial charge in [0.05, 0.1) is 23.5 Å². The molecule has 0 spiro atoms. The van der Waals surface area contributed by atoms with Gasteiger partial charge in [0, 0.05) is 12.8 Å². The zero-order valence-electron chi connectivity index (χ0n) is 11.8. The standard InChI is InChI=1S/C14H21N3O2/c1-4-5-6-14(9-15,10-16)8-11-7-12(19-17-11)13(2,3)18/h12,18H,4-8H2,1-3H3. The van der Waals surface area contributed by atoms with Gasteiger partial charge in [-0.25, -0.2) is 0 Å². The fourth-order valence-corrected chi connectivity index (χ4v) is 2.04. The molecule has 0 radical (unpaired) electrons. The number of nitriles is 2. The molecule has 5 heteroatoms. The average molecular weight is 263 g/mol. The summed E-state index contributed by atoms with van der Waals surface area (Å²) in [4.78, 5) is 5.19. The number of hydrogen-bond donors (Lipinski definition) is 1. The van der Waals surface area contributed by atoms with E-state index in [-0.39, 0.29) is 0 Å². The summed E-state index contributed by atoms with van der Waals surface area (Å²) in [6.45, 7) is 5.35. The van der Waals surface area contributed by atoms with Crippen LogP contribution in [0.25, 0.3) is 0 Å². The first-order chi connectivity index (χ1) is 8.87. The molecule has 0 saturated heterocycles. The fourth-order valence-electron chi connectivity index (χ4n) is 2.04. The van der Waals surface area contributed by atoms with Gasteiger partial charge in [-0.3, -0.25) is 0 Å². The molecular weight excluding hydrogens is 242 g/mol. The van der Waals surface area contributed by atoms with Gasteiger partial charge in [-0.15, -0.1) is 0 Å². The highest BCUT2D eigenvalue weighted by molar-refractivity contribution is 5.87. The minimum atomic E-state index is -1.02. The third-order valence-corrected chi connectivity index (χ3v) is 3.41. The van der Waals surface area contributed by atoms with Crippen LogP contribution in [-0.2, 0) is 4.84 Å². The quantitative estimate of drug-likeness (QED) is 0.797. The molecule has 0 aromatic heterocycles. The van der Waals surface area contributed by atoms with Crippen LogP contribution >= 0.6 is 0 Å². The second-order valence-electron chi connectivity index (χ2n) is 5.70. The van der Waals surface area contributed by atoms with Crippen LogP contribution in [0.4, 0.5) is 0 Å². The molecule has 1 aliphatic heterocycles.